The van der Waals surface area contributed by atoms with Gasteiger partial charge in [-0.1, -0.05) is 12.1 Å². The van der Waals surface area contributed by atoms with Crippen molar-refractivity contribution >= 4 is 29.5 Å². The van der Waals surface area contributed by atoms with E-state index in [1.807, 2.05) is 31.2 Å². The fourth-order valence-corrected chi connectivity index (χ4v) is 3.48. The number of nitrogens with one attached hydrogen (secondary N) is 1. The number of thioether (sulfide) groups is 1. The van der Waals surface area contributed by atoms with Crippen LogP contribution in [-0.2, 0) is 25.8 Å². The lowest BCUT2D eigenvalue weighted by atomic mass is 10.2. The summed E-state index contributed by atoms with van der Waals surface area (Å²) in [7, 11) is 0. The molecule has 0 saturated heterocycles. The monoisotopic (exact) mass is 331 g/mol. The quantitative estimate of drug-likeness (QED) is 0.691. The number of aromatic nitrogens is 2. The Morgan fingerprint density at radius 2 is 2.22 bits per heavy atom. The first-order valence-electron chi connectivity index (χ1n) is 7.33. The lowest BCUT2D eigenvalue weighted by Gasteiger charge is -2.11. The Kier molecular flexibility index (Phi) is 4.38. The molecule has 0 atom stereocenters. The van der Waals surface area contributed by atoms with Crippen molar-refractivity contribution < 1.29 is 14.3 Å². The molecule has 1 amide bonds. The molecule has 120 valence electrons. The normalized spacial score (nSPS) is 12.8. The highest BCUT2D eigenvalue weighted by Crippen LogP contribution is 2.36. The Hall–Kier alpha value is -2.28. The zero-order chi connectivity index (χ0) is 16.4. The van der Waals surface area contributed by atoms with Crippen LogP contribution in [0.25, 0.3) is 5.69 Å². The molecular weight excluding hydrogens is 314 g/mol. The van der Waals surface area contributed by atoms with Crippen molar-refractivity contribution in [1.82, 2.24) is 9.78 Å². The third kappa shape index (κ3) is 3.10. The predicted molar refractivity (Wildman–Crippen MR) is 88.6 cm³/mol. The number of ether oxygens (including phenoxy) is 1. The number of benzene rings is 1. The van der Waals surface area contributed by atoms with Gasteiger partial charge in [-0.05, 0) is 31.5 Å². The molecule has 0 fully saturated rings. The van der Waals surface area contributed by atoms with Crippen molar-refractivity contribution in [3.8, 4) is 5.69 Å². The molecule has 1 N–H and O–H groups in total. The Morgan fingerprint density at radius 1 is 1.39 bits per heavy atom. The summed E-state index contributed by atoms with van der Waals surface area (Å²) in [5.41, 5.74) is 3.85. The number of hydrogen-bond donors (Lipinski definition) is 1. The molecular formula is C16H17N3O3S. The van der Waals surface area contributed by atoms with E-state index in [-0.39, 0.29) is 6.61 Å². The number of carbonyl (C=O) groups excluding carboxylic acids is 2. The summed E-state index contributed by atoms with van der Waals surface area (Å²) < 4.78 is 6.44. The number of nitrogens with zero attached hydrogens (tertiary/aromatic N) is 2. The van der Waals surface area contributed by atoms with Crippen molar-refractivity contribution in [1.29, 1.82) is 0 Å². The van der Waals surface area contributed by atoms with Crippen molar-refractivity contribution in [3.05, 3.63) is 41.1 Å². The molecule has 1 aromatic carbocycles. The van der Waals surface area contributed by atoms with Gasteiger partial charge < -0.3 is 10.1 Å². The number of aryl methyl sites for hydroxylation is 1. The average molecular weight is 331 g/mol. The van der Waals surface area contributed by atoms with E-state index < -0.39 is 11.9 Å². The van der Waals surface area contributed by atoms with E-state index >= 15 is 0 Å². The van der Waals surface area contributed by atoms with E-state index in [9.17, 15) is 9.59 Å². The van der Waals surface area contributed by atoms with Gasteiger partial charge in [-0.15, -0.1) is 0 Å². The molecule has 1 aromatic heterocycles. The van der Waals surface area contributed by atoms with Gasteiger partial charge in [0.1, 0.15) is 5.82 Å². The molecule has 0 radical (unpaired) electrons. The van der Waals surface area contributed by atoms with Gasteiger partial charge in [-0.3, -0.25) is 4.79 Å². The molecule has 1 aliphatic rings. The van der Waals surface area contributed by atoms with Crippen molar-refractivity contribution in [2.45, 2.75) is 25.4 Å². The highest BCUT2D eigenvalue weighted by Gasteiger charge is 2.26. The van der Waals surface area contributed by atoms with Gasteiger partial charge in [0.15, 0.2) is 0 Å². The fourth-order valence-electron chi connectivity index (χ4n) is 2.44. The SMILES string of the molecule is CCOC(=O)C(=O)Nc1c2c(nn1-c1cccc(C)c1)CSC2. The van der Waals surface area contributed by atoms with Crippen LogP contribution in [0.5, 0.6) is 0 Å². The van der Waals surface area contributed by atoms with Crippen LogP contribution in [0.2, 0.25) is 0 Å². The van der Waals surface area contributed by atoms with Gasteiger partial charge in [-0.2, -0.15) is 16.9 Å². The average Bonchev–Trinajstić information content (AvgIpc) is 3.10. The third-order valence-corrected chi connectivity index (χ3v) is 4.46. The lowest BCUT2D eigenvalue weighted by molar-refractivity contribution is -0.152. The Labute approximate surface area is 138 Å². The maximum atomic E-state index is 12.0. The van der Waals surface area contributed by atoms with Gasteiger partial charge >= 0.3 is 11.9 Å². The first kappa shape index (κ1) is 15.6. The fraction of sp³-hybridized carbons (Fsp3) is 0.312. The maximum absolute atomic E-state index is 12.0. The minimum Gasteiger partial charge on any atom is -0.459 e. The predicted octanol–water partition coefficient (Wildman–Crippen LogP) is 2.43. The Bertz CT molecular complexity index is 770. The summed E-state index contributed by atoms with van der Waals surface area (Å²) in [4.78, 5) is 23.6. The highest BCUT2D eigenvalue weighted by atomic mass is 32.2. The van der Waals surface area contributed by atoms with Gasteiger partial charge in [0, 0.05) is 17.1 Å². The summed E-state index contributed by atoms with van der Waals surface area (Å²) in [6.45, 7) is 3.82. The third-order valence-electron chi connectivity index (χ3n) is 3.49. The van der Waals surface area contributed by atoms with Gasteiger partial charge in [-0.25, -0.2) is 9.48 Å². The van der Waals surface area contributed by atoms with E-state index in [4.69, 9.17) is 4.74 Å². The number of esters is 1. The van der Waals surface area contributed by atoms with E-state index in [0.29, 0.717) is 5.82 Å². The topological polar surface area (TPSA) is 73.2 Å². The minimum absolute atomic E-state index is 0.164. The van der Waals surface area contributed by atoms with Crippen molar-refractivity contribution in [3.63, 3.8) is 0 Å². The molecule has 0 aliphatic carbocycles. The zero-order valence-electron chi connectivity index (χ0n) is 13.0. The largest absolute Gasteiger partial charge is 0.459 e. The summed E-state index contributed by atoms with van der Waals surface area (Å²) in [5, 5.41) is 7.26. The number of amides is 1. The second-order valence-electron chi connectivity index (χ2n) is 5.19. The molecule has 6 nitrogen and oxygen atoms in total. The van der Waals surface area contributed by atoms with E-state index in [0.717, 1.165) is 34.0 Å². The molecule has 0 spiro atoms. The lowest BCUT2D eigenvalue weighted by Crippen LogP contribution is -2.26. The second kappa shape index (κ2) is 6.45. The van der Waals surface area contributed by atoms with E-state index in [2.05, 4.69) is 10.4 Å². The van der Waals surface area contributed by atoms with Gasteiger partial charge in [0.25, 0.3) is 0 Å². The molecule has 23 heavy (non-hydrogen) atoms. The maximum Gasteiger partial charge on any atom is 0.397 e. The number of carbonyl (C=O) groups is 2. The molecule has 2 heterocycles. The summed E-state index contributed by atoms with van der Waals surface area (Å²) in [6.07, 6.45) is 0. The standard InChI is InChI=1S/C16H17N3O3S/c1-3-22-16(21)15(20)17-14-12-8-23-9-13(12)18-19(14)11-6-4-5-10(2)7-11/h4-7H,3,8-9H2,1-2H3,(H,17,20). The van der Waals surface area contributed by atoms with Crippen molar-refractivity contribution in [2.24, 2.45) is 0 Å². The number of rotatable bonds is 3. The second-order valence-corrected chi connectivity index (χ2v) is 6.18. The van der Waals surface area contributed by atoms with Crippen LogP contribution in [-0.4, -0.2) is 28.3 Å². The minimum atomic E-state index is -0.885. The van der Waals surface area contributed by atoms with E-state index in [1.54, 1.807) is 23.4 Å². The summed E-state index contributed by atoms with van der Waals surface area (Å²) in [5.74, 6) is 0.452. The van der Waals surface area contributed by atoms with Crippen LogP contribution in [0.4, 0.5) is 5.82 Å². The summed E-state index contributed by atoms with van der Waals surface area (Å²) in [6, 6.07) is 7.83. The molecule has 0 bridgehead atoms. The molecule has 3 rings (SSSR count). The smallest absolute Gasteiger partial charge is 0.397 e. The zero-order valence-corrected chi connectivity index (χ0v) is 13.8. The summed E-state index contributed by atoms with van der Waals surface area (Å²) >= 11 is 1.73. The Morgan fingerprint density at radius 3 is 2.96 bits per heavy atom. The van der Waals surface area contributed by atoms with Crippen LogP contribution in [0.1, 0.15) is 23.7 Å². The van der Waals surface area contributed by atoms with Crippen LogP contribution >= 0.6 is 11.8 Å². The first-order valence-corrected chi connectivity index (χ1v) is 8.49. The highest BCUT2D eigenvalue weighted by molar-refractivity contribution is 7.98. The molecule has 1 aliphatic heterocycles. The van der Waals surface area contributed by atoms with Crippen LogP contribution < -0.4 is 5.32 Å². The first-order chi connectivity index (χ1) is 11.1. The number of hydrogen-bond acceptors (Lipinski definition) is 5. The molecule has 0 saturated carbocycles. The van der Waals surface area contributed by atoms with Crippen molar-refractivity contribution in [2.75, 3.05) is 11.9 Å². The molecule has 2 aromatic rings. The number of fused-ring (bicyclic) bond motifs is 1. The van der Waals surface area contributed by atoms with Gasteiger partial charge in [0.2, 0.25) is 0 Å². The molecule has 7 heteroatoms. The van der Waals surface area contributed by atoms with Crippen LogP contribution in [0.3, 0.4) is 0 Å². The Balaban J connectivity index is 1.98. The molecule has 0 unspecified atom stereocenters. The number of anilines is 1. The van der Waals surface area contributed by atoms with E-state index in [1.165, 1.54) is 0 Å². The van der Waals surface area contributed by atoms with Gasteiger partial charge in [0.05, 0.1) is 18.0 Å². The van der Waals surface area contributed by atoms with Crippen LogP contribution in [0.15, 0.2) is 24.3 Å². The van der Waals surface area contributed by atoms with Crippen LogP contribution in [0, 0.1) is 6.92 Å².